The summed E-state index contributed by atoms with van der Waals surface area (Å²) in [5.74, 6) is -0.806. The summed E-state index contributed by atoms with van der Waals surface area (Å²) in [5, 5.41) is 16.0. The minimum Gasteiger partial charge on any atom is -0.480 e. The fourth-order valence-electron chi connectivity index (χ4n) is 1.46. The third kappa shape index (κ3) is 3.06. The predicted molar refractivity (Wildman–Crippen MR) is 56.5 cm³/mol. The summed E-state index contributed by atoms with van der Waals surface area (Å²) in [5.41, 5.74) is 1.97. The van der Waals surface area contributed by atoms with Gasteiger partial charge in [-0.2, -0.15) is 5.10 Å². The maximum Gasteiger partial charge on any atom is 0.320 e. The molecule has 1 aromatic rings. The predicted octanol–water partition coefficient (Wildman–Crippen LogP) is 0.681. The number of nitrogens with zero attached hydrogens (tertiary/aromatic N) is 2. The topological polar surface area (TPSA) is 67.2 Å². The van der Waals surface area contributed by atoms with Gasteiger partial charge in [0.25, 0.3) is 0 Å². The Kier molecular flexibility index (Phi) is 3.85. The molecule has 84 valence electrons. The van der Waals surface area contributed by atoms with Crippen LogP contribution < -0.4 is 5.32 Å². The van der Waals surface area contributed by atoms with Gasteiger partial charge in [0.1, 0.15) is 6.04 Å². The third-order valence-electron chi connectivity index (χ3n) is 2.36. The van der Waals surface area contributed by atoms with E-state index in [2.05, 4.69) is 10.4 Å². The summed E-state index contributed by atoms with van der Waals surface area (Å²) in [6.45, 7) is 4.31. The maximum absolute atomic E-state index is 10.8. The van der Waals surface area contributed by atoms with E-state index in [4.69, 9.17) is 5.11 Å². The Morgan fingerprint density at radius 3 is 2.80 bits per heavy atom. The summed E-state index contributed by atoms with van der Waals surface area (Å²) in [7, 11) is 1.85. The van der Waals surface area contributed by atoms with Crippen LogP contribution in [0.3, 0.4) is 0 Å². The molecule has 0 radical (unpaired) electrons. The second-order valence-corrected chi connectivity index (χ2v) is 3.59. The molecular formula is C10H17N3O2. The Morgan fingerprint density at radius 2 is 2.40 bits per heavy atom. The van der Waals surface area contributed by atoms with Crippen LogP contribution >= 0.6 is 0 Å². The largest absolute Gasteiger partial charge is 0.480 e. The van der Waals surface area contributed by atoms with Crippen molar-refractivity contribution in [3.05, 3.63) is 17.5 Å². The standard InChI is InChI=1S/C10H17N3O2/c1-4-9(10(14)15)11-5-8-6-13(3)12-7(8)2/h6,9,11H,4-5H2,1-3H3,(H,14,15). The van der Waals surface area contributed by atoms with Crippen molar-refractivity contribution >= 4 is 5.97 Å². The number of rotatable bonds is 5. The second-order valence-electron chi connectivity index (χ2n) is 3.59. The Labute approximate surface area is 89.1 Å². The molecule has 0 spiro atoms. The monoisotopic (exact) mass is 211 g/mol. The molecule has 0 aromatic carbocycles. The molecule has 5 heteroatoms. The van der Waals surface area contributed by atoms with Crippen molar-refractivity contribution in [1.29, 1.82) is 0 Å². The fraction of sp³-hybridized carbons (Fsp3) is 0.600. The van der Waals surface area contributed by atoms with Crippen molar-refractivity contribution < 1.29 is 9.90 Å². The third-order valence-corrected chi connectivity index (χ3v) is 2.36. The molecule has 2 N–H and O–H groups in total. The van der Waals surface area contributed by atoms with E-state index in [1.54, 1.807) is 4.68 Å². The van der Waals surface area contributed by atoms with Crippen LogP contribution in [-0.4, -0.2) is 26.9 Å². The highest BCUT2D eigenvalue weighted by Gasteiger charge is 2.14. The van der Waals surface area contributed by atoms with Gasteiger partial charge in [0.05, 0.1) is 5.69 Å². The number of aromatic nitrogens is 2. The van der Waals surface area contributed by atoms with E-state index < -0.39 is 12.0 Å². The van der Waals surface area contributed by atoms with Gasteiger partial charge in [0.15, 0.2) is 0 Å². The van der Waals surface area contributed by atoms with E-state index >= 15 is 0 Å². The summed E-state index contributed by atoms with van der Waals surface area (Å²) in [4.78, 5) is 10.8. The highest BCUT2D eigenvalue weighted by molar-refractivity contribution is 5.73. The number of hydrogen-bond donors (Lipinski definition) is 2. The van der Waals surface area contributed by atoms with Crippen molar-refractivity contribution in [2.45, 2.75) is 32.9 Å². The highest BCUT2D eigenvalue weighted by atomic mass is 16.4. The van der Waals surface area contributed by atoms with Crippen LogP contribution in [0, 0.1) is 6.92 Å². The average Bonchev–Trinajstić information content (AvgIpc) is 2.45. The summed E-state index contributed by atoms with van der Waals surface area (Å²) in [6.07, 6.45) is 2.48. The number of hydrogen-bond acceptors (Lipinski definition) is 3. The molecule has 0 aliphatic rings. The lowest BCUT2D eigenvalue weighted by Gasteiger charge is -2.11. The number of nitrogens with one attached hydrogen (secondary N) is 1. The second kappa shape index (κ2) is 4.93. The minimum absolute atomic E-state index is 0.482. The number of aliphatic carboxylic acids is 1. The molecule has 0 aliphatic heterocycles. The van der Waals surface area contributed by atoms with Crippen LogP contribution in [0.15, 0.2) is 6.20 Å². The van der Waals surface area contributed by atoms with Gasteiger partial charge in [-0.1, -0.05) is 6.92 Å². The zero-order chi connectivity index (χ0) is 11.4. The van der Waals surface area contributed by atoms with E-state index in [0.717, 1.165) is 11.3 Å². The molecule has 0 aliphatic carbocycles. The van der Waals surface area contributed by atoms with Gasteiger partial charge < -0.3 is 10.4 Å². The van der Waals surface area contributed by atoms with Gasteiger partial charge in [-0.3, -0.25) is 9.48 Å². The van der Waals surface area contributed by atoms with Gasteiger partial charge in [0.2, 0.25) is 0 Å². The van der Waals surface area contributed by atoms with Crippen molar-refractivity contribution in [1.82, 2.24) is 15.1 Å². The van der Waals surface area contributed by atoms with Crippen molar-refractivity contribution in [3.8, 4) is 0 Å². The van der Waals surface area contributed by atoms with Gasteiger partial charge in [-0.15, -0.1) is 0 Å². The van der Waals surface area contributed by atoms with Crippen LogP contribution in [0.25, 0.3) is 0 Å². The Balaban J connectivity index is 2.56. The first-order valence-corrected chi connectivity index (χ1v) is 5.00. The lowest BCUT2D eigenvalue weighted by Crippen LogP contribution is -2.35. The summed E-state index contributed by atoms with van der Waals surface area (Å²) < 4.78 is 1.73. The SMILES string of the molecule is CCC(NCc1cn(C)nc1C)C(=O)O. The van der Waals surface area contributed by atoms with E-state index in [0.29, 0.717) is 13.0 Å². The molecule has 1 unspecified atom stereocenters. The van der Waals surface area contributed by atoms with Crippen LogP contribution in [0.5, 0.6) is 0 Å². The molecule has 0 fully saturated rings. The first-order chi connectivity index (χ1) is 7.04. The molecule has 0 bridgehead atoms. The molecule has 1 rings (SSSR count). The normalized spacial score (nSPS) is 12.7. The minimum atomic E-state index is -0.806. The van der Waals surface area contributed by atoms with Crippen LogP contribution in [0.4, 0.5) is 0 Å². The molecule has 15 heavy (non-hydrogen) atoms. The first-order valence-electron chi connectivity index (χ1n) is 5.00. The molecule has 0 saturated heterocycles. The Hall–Kier alpha value is -1.36. The van der Waals surface area contributed by atoms with E-state index in [1.165, 1.54) is 0 Å². The Morgan fingerprint density at radius 1 is 1.73 bits per heavy atom. The molecule has 1 atom stereocenters. The zero-order valence-corrected chi connectivity index (χ0v) is 9.32. The summed E-state index contributed by atoms with van der Waals surface area (Å²) >= 11 is 0. The quantitative estimate of drug-likeness (QED) is 0.751. The number of carboxylic acid groups (broad SMARTS) is 1. The number of carboxylic acids is 1. The lowest BCUT2D eigenvalue weighted by molar-refractivity contribution is -0.139. The maximum atomic E-state index is 10.8. The first kappa shape index (κ1) is 11.7. The molecule has 5 nitrogen and oxygen atoms in total. The van der Waals surface area contributed by atoms with E-state index in [-0.39, 0.29) is 0 Å². The number of aryl methyl sites for hydroxylation is 2. The van der Waals surface area contributed by atoms with E-state index in [1.807, 2.05) is 27.1 Å². The van der Waals surface area contributed by atoms with Crippen LogP contribution in [-0.2, 0) is 18.4 Å². The van der Waals surface area contributed by atoms with Crippen molar-refractivity contribution in [2.24, 2.45) is 7.05 Å². The fourth-order valence-corrected chi connectivity index (χ4v) is 1.46. The van der Waals surface area contributed by atoms with Crippen molar-refractivity contribution in [2.75, 3.05) is 0 Å². The smallest absolute Gasteiger partial charge is 0.320 e. The van der Waals surface area contributed by atoms with Crippen LogP contribution in [0.1, 0.15) is 24.6 Å². The van der Waals surface area contributed by atoms with E-state index in [9.17, 15) is 4.79 Å². The van der Waals surface area contributed by atoms with Crippen LogP contribution in [0.2, 0.25) is 0 Å². The number of carbonyl (C=O) groups is 1. The van der Waals surface area contributed by atoms with Gasteiger partial charge in [-0.25, -0.2) is 0 Å². The lowest BCUT2D eigenvalue weighted by atomic mass is 10.2. The zero-order valence-electron chi connectivity index (χ0n) is 9.32. The molecule has 1 heterocycles. The highest BCUT2D eigenvalue weighted by Crippen LogP contribution is 2.04. The Bertz CT molecular complexity index is 346. The van der Waals surface area contributed by atoms with Gasteiger partial charge in [-0.05, 0) is 13.3 Å². The van der Waals surface area contributed by atoms with Gasteiger partial charge in [0, 0.05) is 25.4 Å². The average molecular weight is 211 g/mol. The van der Waals surface area contributed by atoms with Gasteiger partial charge >= 0.3 is 5.97 Å². The summed E-state index contributed by atoms with van der Waals surface area (Å²) in [6, 6.07) is -0.482. The molecular weight excluding hydrogens is 194 g/mol. The molecule has 1 aromatic heterocycles. The molecule has 0 saturated carbocycles. The van der Waals surface area contributed by atoms with Crippen molar-refractivity contribution in [3.63, 3.8) is 0 Å². The molecule has 0 amide bonds.